The molecule has 1 N–H and O–H groups in total. The molecule has 0 unspecified atom stereocenters. The fourth-order valence-corrected chi connectivity index (χ4v) is 4.47. The van der Waals surface area contributed by atoms with Crippen molar-refractivity contribution < 1.29 is 14.3 Å². The molecule has 0 radical (unpaired) electrons. The third-order valence-electron chi connectivity index (χ3n) is 3.43. The van der Waals surface area contributed by atoms with E-state index in [1.165, 1.54) is 29.6 Å². The van der Waals surface area contributed by atoms with Crippen LogP contribution in [-0.2, 0) is 9.53 Å². The maximum atomic E-state index is 12.4. The Hall–Kier alpha value is -2.54. The van der Waals surface area contributed by atoms with Gasteiger partial charge >= 0.3 is 5.97 Å². The number of nitrogens with one attached hydrogen (secondary N) is 1. The molecule has 3 aromatic rings. The lowest BCUT2D eigenvalue weighted by Gasteiger charge is -2.12. The van der Waals surface area contributed by atoms with E-state index in [9.17, 15) is 9.59 Å². The molecule has 3 rings (SSSR count). The van der Waals surface area contributed by atoms with E-state index in [0.717, 1.165) is 10.6 Å². The predicted octanol–water partition coefficient (Wildman–Crippen LogP) is 4.30. The number of esters is 1. The van der Waals surface area contributed by atoms with Gasteiger partial charge in [-0.1, -0.05) is 0 Å². The Morgan fingerprint density at radius 1 is 1.35 bits per heavy atom. The number of aromatic nitrogens is 1. The molecule has 0 aromatic carbocycles. The van der Waals surface area contributed by atoms with Gasteiger partial charge in [0, 0.05) is 10.9 Å². The van der Waals surface area contributed by atoms with E-state index < -0.39 is 18.0 Å². The Kier molecular flexibility index (Phi) is 5.46. The predicted molar refractivity (Wildman–Crippen MR) is 103 cm³/mol. The Morgan fingerprint density at radius 3 is 2.85 bits per heavy atom. The van der Waals surface area contributed by atoms with Crippen LogP contribution in [0.5, 0.6) is 0 Å². The Bertz CT molecular complexity index is 983. The van der Waals surface area contributed by atoms with Crippen molar-refractivity contribution >= 4 is 50.9 Å². The zero-order chi connectivity index (χ0) is 18.7. The van der Waals surface area contributed by atoms with Gasteiger partial charge in [0.15, 0.2) is 6.10 Å². The van der Waals surface area contributed by atoms with Crippen molar-refractivity contribution in [2.45, 2.75) is 20.0 Å². The first-order valence-corrected chi connectivity index (χ1v) is 10.1. The molecule has 1 atom stereocenters. The lowest BCUT2D eigenvalue weighted by atomic mass is 10.3. The number of anilines is 1. The van der Waals surface area contributed by atoms with Crippen LogP contribution in [0.1, 0.15) is 27.9 Å². The van der Waals surface area contributed by atoms with Gasteiger partial charge in [-0.2, -0.15) is 16.6 Å². The quantitative estimate of drug-likeness (QED) is 0.641. The number of aryl methyl sites for hydroxylation is 1. The number of thiophene rings is 2. The van der Waals surface area contributed by atoms with Gasteiger partial charge in [-0.3, -0.25) is 4.79 Å². The molecule has 132 valence electrons. The molecular formula is C17H13N3O3S3. The average molecular weight is 404 g/mol. The first-order chi connectivity index (χ1) is 12.5. The second kappa shape index (κ2) is 7.78. The summed E-state index contributed by atoms with van der Waals surface area (Å²) in [5.74, 6) is -1.08. The van der Waals surface area contributed by atoms with Crippen molar-refractivity contribution in [2.24, 2.45) is 0 Å². The first kappa shape index (κ1) is 18.3. The van der Waals surface area contributed by atoms with Crippen molar-refractivity contribution in [1.29, 1.82) is 5.26 Å². The molecule has 0 aliphatic carbocycles. The summed E-state index contributed by atoms with van der Waals surface area (Å²) in [6, 6.07) is 5.54. The number of hydrogen-bond acceptors (Lipinski definition) is 8. The summed E-state index contributed by atoms with van der Waals surface area (Å²) in [4.78, 5) is 29.4. The van der Waals surface area contributed by atoms with E-state index in [1.54, 1.807) is 29.7 Å². The molecule has 0 bridgehead atoms. The van der Waals surface area contributed by atoms with Gasteiger partial charge in [-0.05, 0) is 36.7 Å². The third-order valence-corrected chi connectivity index (χ3v) is 6.13. The summed E-state index contributed by atoms with van der Waals surface area (Å²) < 4.78 is 5.28. The molecule has 26 heavy (non-hydrogen) atoms. The lowest BCUT2D eigenvalue weighted by Crippen LogP contribution is -2.29. The van der Waals surface area contributed by atoms with Crippen LogP contribution >= 0.6 is 34.0 Å². The molecule has 0 aliphatic rings. The number of ether oxygens (including phenoxy) is 1. The maximum Gasteiger partial charge on any atom is 0.351 e. The van der Waals surface area contributed by atoms with Crippen molar-refractivity contribution in [2.75, 3.05) is 5.32 Å². The molecule has 0 saturated carbocycles. The van der Waals surface area contributed by atoms with Crippen LogP contribution in [0.15, 0.2) is 28.3 Å². The molecule has 9 heteroatoms. The van der Waals surface area contributed by atoms with E-state index >= 15 is 0 Å². The van der Waals surface area contributed by atoms with Gasteiger partial charge < -0.3 is 10.1 Å². The summed E-state index contributed by atoms with van der Waals surface area (Å²) in [5.41, 5.74) is 1.90. The van der Waals surface area contributed by atoms with E-state index in [1.807, 2.05) is 22.9 Å². The van der Waals surface area contributed by atoms with Crippen molar-refractivity contribution in [3.63, 3.8) is 0 Å². The van der Waals surface area contributed by atoms with Crippen molar-refractivity contribution in [3.05, 3.63) is 44.4 Å². The van der Waals surface area contributed by atoms with Gasteiger partial charge in [-0.25, -0.2) is 9.78 Å². The fraction of sp³-hybridized carbons (Fsp3) is 0.176. The number of amides is 1. The van der Waals surface area contributed by atoms with E-state index in [2.05, 4.69) is 10.3 Å². The molecule has 0 fully saturated rings. The van der Waals surface area contributed by atoms with Gasteiger partial charge in [0.25, 0.3) is 5.91 Å². The molecule has 0 aliphatic heterocycles. The Balaban J connectivity index is 1.68. The van der Waals surface area contributed by atoms with E-state index in [4.69, 9.17) is 10.00 Å². The topological polar surface area (TPSA) is 92.1 Å². The molecule has 6 nitrogen and oxygen atoms in total. The minimum Gasteiger partial charge on any atom is -0.448 e. The highest BCUT2D eigenvalue weighted by Gasteiger charge is 2.24. The average Bonchev–Trinajstić information content (AvgIpc) is 3.34. The smallest absolute Gasteiger partial charge is 0.351 e. The Morgan fingerprint density at radius 2 is 2.15 bits per heavy atom. The summed E-state index contributed by atoms with van der Waals surface area (Å²) >= 11 is 4.03. The van der Waals surface area contributed by atoms with Crippen LogP contribution in [0.25, 0.3) is 10.6 Å². The largest absolute Gasteiger partial charge is 0.448 e. The van der Waals surface area contributed by atoms with Gasteiger partial charge in [0.05, 0.1) is 11.3 Å². The molecule has 1 amide bonds. The van der Waals surface area contributed by atoms with Gasteiger partial charge in [-0.15, -0.1) is 22.7 Å². The van der Waals surface area contributed by atoms with Crippen LogP contribution < -0.4 is 5.32 Å². The SMILES string of the molecule is Cc1nc(-c2ccsc2)sc1C(=O)O[C@H](C)C(=O)Nc1sccc1C#N. The highest BCUT2D eigenvalue weighted by Crippen LogP contribution is 2.30. The van der Waals surface area contributed by atoms with Crippen molar-refractivity contribution in [3.8, 4) is 16.6 Å². The van der Waals surface area contributed by atoms with Gasteiger partial charge in [0.2, 0.25) is 0 Å². The summed E-state index contributed by atoms with van der Waals surface area (Å²) in [7, 11) is 0. The monoisotopic (exact) mass is 403 g/mol. The second-order valence-corrected chi connectivity index (χ2v) is 7.95. The standard InChI is InChI=1S/C17H13N3O3S3/c1-9-13(26-16(19-9)12-3-5-24-8-12)17(22)23-10(2)14(21)20-15-11(7-18)4-6-25-15/h3-6,8,10H,1-2H3,(H,20,21)/t10-/m1/s1. The number of hydrogen-bond donors (Lipinski definition) is 1. The molecule has 0 spiro atoms. The molecule has 3 aromatic heterocycles. The van der Waals surface area contributed by atoms with Crippen LogP contribution in [0, 0.1) is 18.3 Å². The third kappa shape index (κ3) is 3.83. The minimum atomic E-state index is -0.998. The fourth-order valence-electron chi connectivity index (χ4n) is 2.07. The lowest BCUT2D eigenvalue weighted by molar-refractivity contribution is -0.123. The van der Waals surface area contributed by atoms with Crippen LogP contribution in [0.3, 0.4) is 0 Å². The molecule has 3 heterocycles. The normalized spacial score (nSPS) is 11.6. The number of carbonyl (C=O) groups is 2. The second-order valence-electron chi connectivity index (χ2n) is 5.26. The molecular weight excluding hydrogens is 390 g/mol. The number of rotatable bonds is 5. The summed E-state index contributed by atoms with van der Waals surface area (Å²) in [6.07, 6.45) is -0.998. The number of thiazole rings is 1. The van der Waals surface area contributed by atoms with Crippen LogP contribution in [0.4, 0.5) is 5.00 Å². The number of carbonyl (C=O) groups excluding carboxylic acids is 2. The number of nitriles is 1. The zero-order valence-corrected chi connectivity index (χ0v) is 16.3. The Labute approximate surface area is 161 Å². The molecule has 0 saturated heterocycles. The minimum absolute atomic E-state index is 0.375. The maximum absolute atomic E-state index is 12.4. The van der Waals surface area contributed by atoms with Crippen LogP contribution in [-0.4, -0.2) is 23.0 Å². The first-order valence-electron chi connectivity index (χ1n) is 7.49. The summed E-state index contributed by atoms with van der Waals surface area (Å²) in [5, 5.41) is 18.4. The van der Waals surface area contributed by atoms with E-state index in [-0.39, 0.29) is 0 Å². The van der Waals surface area contributed by atoms with E-state index in [0.29, 0.717) is 21.1 Å². The zero-order valence-electron chi connectivity index (χ0n) is 13.8. The highest BCUT2D eigenvalue weighted by atomic mass is 32.1. The number of nitrogens with zero attached hydrogens (tertiary/aromatic N) is 2. The van der Waals surface area contributed by atoms with Crippen molar-refractivity contribution in [1.82, 2.24) is 4.98 Å². The van der Waals surface area contributed by atoms with Gasteiger partial charge in [0.1, 0.15) is 21.0 Å². The summed E-state index contributed by atoms with van der Waals surface area (Å²) in [6.45, 7) is 3.22. The highest BCUT2D eigenvalue weighted by molar-refractivity contribution is 7.17. The van der Waals surface area contributed by atoms with Crippen LogP contribution in [0.2, 0.25) is 0 Å².